The second kappa shape index (κ2) is 8.37. The van der Waals surface area contributed by atoms with Crippen LogP contribution in [0, 0.1) is 0 Å². The van der Waals surface area contributed by atoms with Crippen molar-refractivity contribution in [3.63, 3.8) is 0 Å². The molecule has 3 N–H and O–H groups in total. The number of thiazole rings is 1. The molecule has 1 fully saturated rings. The first kappa shape index (κ1) is 19.8. The minimum absolute atomic E-state index is 0.138. The lowest BCUT2D eigenvalue weighted by Crippen LogP contribution is -2.55. The summed E-state index contributed by atoms with van der Waals surface area (Å²) in [6.45, 7) is 3.23. The Morgan fingerprint density at radius 1 is 1.52 bits per heavy atom. The lowest BCUT2D eigenvalue weighted by molar-refractivity contribution is -0.116. The van der Waals surface area contributed by atoms with E-state index in [1.807, 2.05) is 11.8 Å². The Morgan fingerprint density at radius 3 is 2.89 bits per heavy atom. The number of ether oxygens (including phenoxy) is 1. The van der Waals surface area contributed by atoms with Crippen LogP contribution in [0.25, 0.3) is 0 Å². The topological polar surface area (TPSA) is 110 Å². The number of amides is 2. The highest BCUT2D eigenvalue weighted by atomic mass is 35.5. The van der Waals surface area contributed by atoms with Crippen LogP contribution in [-0.4, -0.2) is 54.9 Å². The smallest absolute Gasteiger partial charge is 0.266 e. The van der Waals surface area contributed by atoms with Crippen molar-refractivity contribution in [2.75, 3.05) is 25.1 Å². The SMILES string of the molecule is CCC1=C(Cl)N=C(C(=O)NC2CCN(c3ncc(C(N)=O)s3)C[C@@H]2OC)C1. The van der Waals surface area contributed by atoms with E-state index in [1.165, 1.54) is 17.5 Å². The molecule has 1 aromatic rings. The maximum atomic E-state index is 12.6. The molecule has 0 radical (unpaired) electrons. The molecule has 3 heterocycles. The van der Waals surface area contributed by atoms with Gasteiger partial charge in [0.15, 0.2) is 5.13 Å². The number of carbonyl (C=O) groups excluding carboxylic acids is 2. The van der Waals surface area contributed by atoms with E-state index >= 15 is 0 Å². The molecule has 2 amide bonds. The largest absolute Gasteiger partial charge is 0.377 e. The fourth-order valence-electron chi connectivity index (χ4n) is 3.18. The predicted molar refractivity (Wildman–Crippen MR) is 105 cm³/mol. The number of piperidine rings is 1. The Morgan fingerprint density at radius 2 is 2.30 bits per heavy atom. The summed E-state index contributed by atoms with van der Waals surface area (Å²) in [6, 6.07) is -0.138. The summed E-state index contributed by atoms with van der Waals surface area (Å²) >= 11 is 7.33. The fraction of sp³-hybridized carbons (Fsp3) is 0.529. The van der Waals surface area contributed by atoms with Gasteiger partial charge in [-0.15, -0.1) is 0 Å². The van der Waals surface area contributed by atoms with E-state index in [1.54, 1.807) is 7.11 Å². The first-order valence-electron chi connectivity index (χ1n) is 8.72. The van der Waals surface area contributed by atoms with Gasteiger partial charge >= 0.3 is 0 Å². The number of carbonyl (C=O) groups is 2. The van der Waals surface area contributed by atoms with Crippen LogP contribution in [0.2, 0.25) is 0 Å². The molecule has 10 heteroatoms. The number of rotatable bonds is 6. The number of aliphatic imine (C=N–C) groups is 1. The van der Waals surface area contributed by atoms with Crippen LogP contribution >= 0.6 is 22.9 Å². The number of nitrogens with two attached hydrogens (primary N) is 1. The van der Waals surface area contributed by atoms with Crippen LogP contribution in [0.3, 0.4) is 0 Å². The number of allylic oxidation sites excluding steroid dienone is 1. The van der Waals surface area contributed by atoms with Crippen LogP contribution in [0.1, 0.15) is 35.9 Å². The third-order valence-electron chi connectivity index (χ3n) is 4.78. The van der Waals surface area contributed by atoms with Crippen LogP contribution < -0.4 is 16.0 Å². The van der Waals surface area contributed by atoms with Crippen LogP contribution in [0.5, 0.6) is 0 Å². The minimum Gasteiger partial charge on any atom is -0.377 e. The van der Waals surface area contributed by atoms with Crippen molar-refractivity contribution in [1.29, 1.82) is 0 Å². The van der Waals surface area contributed by atoms with Crippen molar-refractivity contribution in [1.82, 2.24) is 10.3 Å². The van der Waals surface area contributed by atoms with Gasteiger partial charge in [-0.05, 0) is 18.4 Å². The summed E-state index contributed by atoms with van der Waals surface area (Å²) in [6.07, 6.45) is 3.23. The molecule has 2 aliphatic heterocycles. The van der Waals surface area contributed by atoms with Gasteiger partial charge in [0.1, 0.15) is 15.7 Å². The number of anilines is 1. The lowest BCUT2D eigenvalue weighted by Gasteiger charge is -2.37. The molecule has 0 saturated carbocycles. The maximum Gasteiger partial charge on any atom is 0.266 e. The first-order valence-corrected chi connectivity index (χ1v) is 9.91. The highest BCUT2D eigenvalue weighted by molar-refractivity contribution is 7.17. The molecule has 0 spiro atoms. The van der Waals surface area contributed by atoms with E-state index in [4.69, 9.17) is 22.1 Å². The Hall–Kier alpha value is -1.97. The van der Waals surface area contributed by atoms with Gasteiger partial charge in [0, 0.05) is 26.6 Å². The summed E-state index contributed by atoms with van der Waals surface area (Å²) in [7, 11) is 1.62. The number of hydrogen-bond donors (Lipinski definition) is 2. The minimum atomic E-state index is -0.486. The Kier molecular flexibility index (Phi) is 6.13. The summed E-state index contributed by atoms with van der Waals surface area (Å²) in [4.78, 5) is 34.7. The molecule has 146 valence electrons. The second-order valence-electron chi connectivity index (χ2n) is 6.44. The van der Waals surface area contributed by atoms with Gasteiger partial charge < -0.3 is 20.7 Å². The van der Waals surface area contributed by atoms with Gasteiger partial charge in [-0.2, -0.15) is 0 Å². The zero-order chi connectivity index (χ0) is 19.6. The molecule has 3 rings (SSSR count). The van der Waals surface area contributed by atoms with E-state index in [0.717, 1.165) is 17.1 Å². The van der Waals surface area contributed by atoms with Gasteiger partial charge in [0.25, 0.3) is 11.8 Å². The second-order valence-corrected chi connectivity index (χ2v) is 7.81. The van der Waals surface area contributed by atoms with E-state index in [2.05, 4.69) is 15.3 Å². The monoisotopic (exact) mass is 411 g/mol. The standard InChI is InChI=1S/C17H22ClN5O3S/c1-3-9-6-11(21-14(9)18)16(25)22-10-4-5-23(8-12(10)26-2)17-20-7-13(27-17)15(19)24/h7,10,12H,3-6,8H2,1-2H3,(H2,19,24)(H,22,25)/t10?,12-/m0/s1. The molecule has 0 aromatic carbocycles. The van der Waals surface area contributed by atoms with Gasteiger partial charge in [-0.1, -0.05) is 29.9 Å². The number of halogens is 1. The molecule has 27 heavy (non-hydrogen) atoms. The van der Waals surface area contributed by atoms with Crippen molar-refractivity contribution in [3.05, 3.63) is 21.8 Å². The molecule has 1 unspecified atom stereocenters. The zero-order valence-corrected chi connectivity index (χ0v) is 16.8. The van der Waals surface area contributed by atoms with E-state index in [9.17, 15) is 9.59 Å². The summed E-state index contributed by atoms with van der Waals surface area (Å²) in [5.41, 5.74) is 6.72. The average molecular weight is 412 g/mol. The van der Waals surface area contributed by atoms with Crippen molar-refractivity contribution in [2.45, 2.75) is 38.3 Å². The predicted octanol–water partition coefficient (Wildman–Crippen LogP) is 1.66. The molecule has 0 aliphatic carbocycles. The van der Waals surface area contributed by atoms with E-state index < -0.39 is 5.91 Å². The normalized spacial score (nSPS) is 22.8. The average Bonchev–Trinajstić information content (AvgIpc) is 3.29. The third kappa shape index (κ3) is 4.31. The van der Waals surface area contributed by atoms with Crippen molar-refractivity contribution in [2.24, 2.45) is 10.7 Å². The van der Waals surface area contributed by atoms with Crippen molar-refractivity contribution in [3.8, 4) is 0 Å². The van der Waals surface area contributed by atoms with Crippen LogP contribution in [0.15, 0.2) is 21.9 Å². The number of nitrogens with one attached hydrogen (secondary N) is 1. The molecule has 2 aliphatic rings. The molecule has 2 atom stereocenters. The quantitative estimate of drug-likeness (QED) is 0.691. The maximum absolute atomic E-state index is 12.6. The molecule has 1 aromatic heterocycles. The van der Waals surface area contributed by atoms with Crippen LogP contribution in [0.4, 0.5) is 5.13 Å². The van der Waals surface area contributed by atoms with Gasteiger partial charge in [-0.25, -0.2) is 9.98 Å². The number of nitrogens with zero attached hydrogens (tertiary/aromatic N) is 3. The summed E-state index contributed by atoms with van der Waals surface area (Å²) < 4.78 is 5.59. The Labute approximate surface area is 166 Å². The molecule has 8 nitrogen and oxygen atoms in total. The molecular weight excluding hydrogens is 390 g/mol. The lowest BCUT2D eigenvalue weighted by atomic mass is 10.0. The summed E-state index contributed by atoms with van der Waals surface area (Å²) in [5.74, 6) is -0.692. The number of aromatic nitrogens is 1. The van der Waals surface area contributed by atoms with Crippen molar-refractivity contribution >= 4 is 45.6 Å². The zero-order valence-electron chi connectivity index (χ0n) is 15.2. The Bertz CT molecular complexity index is 806. The van der Waals surface area contributed by atoms with E-state index in [-0.39, 0.29) is 18.1 Å². The van der Waals surface area contributed by atoms with Gasteiger partial charge in [0.2, 0.25) is 0 Å². The van der Waals surface area contributed by atoms with Crippen molar-refractivity contribution < 1.29 is 14.3 Å². The van der Waals surface area contributed by atoms with Gasteiger partial charge in [-0.3, -0.25) is 9.59 Å². The number of hydrogen-bond acceptors (Lipinski definition) is 7. The fourth-order valence-corrected chi connectivity index (χ4v) is 4.29. The summed E-state index contributed by atoms with van der Waals surface area (Å²) in [5, 5.41) is 4.17. The number of methoxy groups -OCH3 is 1. The molecular formula is C17H22ClN5O3S. The van der Waals surface area contributed by atoms with Crippen LogP contribution in [-0.2, 0) is 9.53 Å². The first-order chi connectivity index (χ1) is 12.9. The highest BCUT2D eigenvalue weighted by Gasteiger charge is 2.33. The number of primary amides is 1. The van der Waals surface area contributed by atoms with Gasteiger partial charge in [0.05, 0.1) is 18.3 Å². The highest BCUT2D eigenvalue weighted by Crippen LogP contribution is 2.27. The van der Waals surface area contributed by atoms with E-state index in [0.29, 0.717) is 41.7 Å². The molecule has 1 saturated heterocycles. The Balaban J connectivity index is 1.61. The third-order valence-corrected chi connectivity index (χ3v) is 6.20. The molecule has 0 bridgehead atoms.